The van der Waals surface area contributed by atoms with Crippen molar-refractivity contribution in [3.05, 3.63) is 255 Å². The second kappa shape index (κ2) is 16.4. The van der Waals surface area contributed by atoms with Crippen molar-refractivity contribution in [3.63, 3.8) is 0 Å². The van der Waals surface area contributed by atoms with Gasteiger partial charge >= 0.3 is 0 Å². The van der Waals surface area contributed by atoms with E-state index in [0.717, 1.165) is 133 Å². The summed E-state index contributed by atoms with van der Waals surface area (Å²) in [6, 6.07) is 90.3. The number of benzene rings is 12. The third kappa shape index (κ3) is 6.78. The van der Waals surface area contributed by atoms with Gasteiger partial charge in [-0.15, -0.1) is 0 Å². The van der Waals surface area contributed by atoms with Crippen LogP contribution >= 0.6 is 0 Å². The van der Waals surface area contributed by atoms with Crippen molar-refractivity contribution < 1.29 is 13.3 Å². The van der Waals surface area contributed by atoms with Crippen molar-refractivity contribution in [2.24, 2.45) is 0 Å². The zero-order chi connectivity index (χ0) is 48.0. The highest BCUT2D eigenvalue weighted by Gasteiger charge is 2.23. The highest BCUT2D eigenvalue weighted by Crippen LogP contribution is 2.46. The molecule has 0 atom stereocenters. The minimum absolute atomic E-state index is 0.838. The molecule has 5 nitrogen and oxygen atoms in total. The molecule has 15 aromatic rings. The van der Waals surface area contributed by atoms with Crippen LogP contribution in [0.3, 0.4) is 0 Å². The lowest BCUT2D eigenvalue weighted by molar-refractivity contribution is 0.668. The zero-order valence-corrected chi connectivity index (χ0v) is 39.4. The van der Waals surface area contributed by atoms with E-state index >= 15 is 0 Å². The molecule has 0 aliphatic rings. The van der Waals surface area contributed by atoms with E-state index in [1.807, 2.05) is 24.3 Å². The van der Waals surface area contributed by atoms with Crippen LogP contribution in [0.15, 0.2) is 268 Å². The second-order valence-corrected chi connectivity index (χ2v) is 18.9. The number of fused-ring (bicyclic) bond motifs is 11. The topological polar surface area (TPSA) is 45.9 Å². The first-order chi connectivity index (χ1) is 36.1. The minimum atomic E-state index is 0.838. The second-order valence-electron chi connectivity index (χ2n) is 18.9. The Morgan fingerprint density at radius 3 is 1.05 bits per heavy atom. The fourth-order valence-electron chi connectivity index (χ4n) is 11.1. The van der Waals surface area contributed by atoms with E-state index in [9.17, 15) is 0 Å². The van der Waals surface area contributed by atoms with Gasteiger partial charge in [-0.25, -0.2) is 0 Å². The average Bonchev–Trinajstić information content (AvgIpc) is 4.14. The number of hydrogen-bond acceptors (Lipinski definition) is 5. The van der Waals surface area contributed by atoms with Gasteiger partial charge in [-0.3, -0.25) is 0 Å². The van der Waals surface area contributed by atoms with Gasteiger partial charge in [0.1, 0.15) is 22.3 Å². The smallest absolute Gasteiger partial charge is 0.159 e. The SMILES string of the molecule is c1ccc(-c2ccc(N(c3ccc4cc5c(cc4c3)oc3cc4cc(N(c6ccc(-c7ccccc7)cc6)c6cccc7c6oc6ccccc67)ccc4cc35)c3cccc4c3oc3ccccc34)cc2)cc1. The Labute approximate surface area is 419 Å². The number of furan rings is 3. The van der Waals surface area contributed by atoms with Gasteiger partial charge in [0.25, 0.3) is 0 Å². The lowest BCUT2D eigenvalue weighted by atomic mass is 10.0. The normalized spacial score (nSPS) is 11.8. The summed E-state index contributed by atoms with van der Waals surface area (Å²) in [7, 11) is 0. The van der Waals surface area contributed by atoms with Crippen molar-refractivity contribution >= 4 is 121 Å². The first-order valence-corrected chi connectivity index (χ1v) is 24.7. The van der Waals surface area contributed by atoms with E-state index in [-0.39, 0.29) is 0 Å². The van der Waals surface area contributed by atoms with Crippen LogP contribution in [0, 0.1) is 0 Å². The summed E-state index contributed by atoms with van der Waals surface area (Å²) in [4.78, 5) is 4.61. The molecule has 0 saturated heterocycles. The Hall–Kier alpha value is -9.84. The molecule has 3 heterocycles. The molecule has 0 aliphatic carbocycles. The molecular formula is C68H42N2O3. The lowest BCUT2D eigenvalue weighted by Crippen LogP contribution is -2.10. The Bertz CT molecular complexity index is 4310. The van der Waals surface area contributed by atoms with Crippen LogP contribution in [0.2, 0.25) is 0 Å². The van der Waals surface area contributed by atoms with Crippen LogP contribution in [0.25, 0.3) is 110 Å². The van der Waals surface area contributed by atoms with Crippen molar-refractivity contribution in [2.75, 3.05) is 9.80 Å². The molecule has 0 N–H and O–H groups in total. The van der Waals surface area contributed by atoms with E-state index in [4.69, 9.17) is 13.3 Å². The molecule has 0 amide bonds. The molecule has 0 bridgehead atoms. The summed E-state index contributed by atoms with van der Waals surface area (Å²) in [6.45, 7) is 0. The molecule has 0 radical (unpaired) electrons. The molecule has 73 heavy (non-hydrogen) atoms. The van der Waals surface area contributed by atoms with E-state index in [0.29, 0.717) is 0 Å². The summed E-state index contributed by atoms with van der Waals surface area (Å²) in [5.74, 6) is 0. The third-order valence-corrected chi connectivity index (χ3v) is 14.6. The van der Waals surface area contributed by atoms with Gasteiger partial charge in [0.15, 0.2) is 11.2 Å². The third-order valence-electron chi connectivity index (χ3n) is 14.6. The maximum Gasteiger partial charge on any atom is 0.159 e. The van der Waals surface area contributed by atoms with E-state index in [1.165, 1.54) is 11.1 Å². The van der Waals surface area contributed by atoms with Crippen molar-refractivity contribution in [3.8, 4) is 22.3 Å². The van der Waals surface area contributed by atoms with Crippen LogP contribution in [0.1, 0.15) is 0 Å². The molecule has 15 rings (SSSR count). The number of hydrogen-bond donors (Lipinski definition) is 0. The van der Waals surface area contributed by atoms with Gasteiger partial charge in [-0.1, -0.05) is 158 Å². The molecule has 342 valence electrons. The van der Waals surface area contributed by atoms with Crippen molar-refractivity contribution in [1.29, 1.82) is 0 Å². The number of nitrogens with zero attached hydrogens (tertiary/aromatic N) is 2. The molecule has 12 aromatic carbocycles. The number of rotatable bonds is 8. The van der Waals surface area contributed by atoms with Gasteiger partial charge in [-0.05, 0) is 141 Å². The molecule has 0 aliphatic heterocycles. The quantitative estimate of drug-likeness (QED) is 0.152. The Kier molecular flexibility index (Phi) is 9.19. The van der Waals surface area contributed by atoms with Gasteiger partial charge in [0, 0.05) is 55.1 Å². The first kappa shape index (κ1) is 41.0. The Balaban J connectivity index is 0.850. The minimum Gasteiger partial charge on any atom is -0.456 e. The van der Waals surface area contributed by atoms with E-state index in [2.05, 4.69) is 240 Å². The summed E-state index contributed by atoms with van der Waals surface area (Å²) < 4.78 is 20.2. The summed E-state index contributed by atoms with van der Waals surface area (Å²) >= 11 is 0. The molecule has 0 saturated carbocycles. The van der Waals surface area contributed by atoms with Crippen molar-refractivity contribution in [2.45, 2.75) is 0 Å². The predicted octanol–water partition coefficient (Wildman–Crippen LogP) is 20.0. The van der Waals surface area contributed by atoms with Crippen LogP contribution in [-0.4, -0.2) is 0 Å². The summed E-state index contributed by atoms with van der Waals surface area (Å²) in [6.07, 6.45) is 0. The van der Waals surface area contributed by atoms with Crippen molar-refractivity contribution in [1.82, 2.24) is 0 Å². The molecule has 0 fully saturated rings. The van der Waals surface area contributed by atoms with Crippen LogP contribution in [0.5, 0.6) is 0 Å². The highest BCUT2D eigenvalue weighted by atomic mass is 16.3. The lowest BCUT2D eigenvalue weighted by Gasteiger charge is -2.26. The Morgan fingerprint density at radius 2 is 0.603 bits per heavy atom. The maximum absolute atomic E-state index is 6.84. The summed E-state index contributed by atoms with van der Waals surface area (Å²) in [5, 5.41) is 10.9. The molecule has 5 heteroatoms. The van der Waals surface area contributed by atoms with Crippen LogP contribution < -0.4 is 9.80 Å². The van der Waals surface area contributed by atoms with E-state index in [1.54, 1.807) is 0 Å². The molecule has 0 spiro atoms. The largest absolute Gasteiger partial charge is 0.456 e. The first-order valence-electron chi connectivity index (χ1n) is 24.7. The Morgan fingerprint density at radius 1 is 0.219 bits per heavy atom. The average molecular weight is 935 g/mol. The van der Waals surface area contributed by atoms with Gasteiger partial charge in [0.2, 0.25) is 0 Å². The number of para-hydroxylation sites is 4. The number of anilines is 6. The molecule has 0 unspecified atom stereocenters. The van der Waals surface area contributed by atoms with Gasteiger partial charge in [0.05, 0.1) is 11.4 Å². The van der Waals surface area contributed by atoms with Crippen LogP contribution in [-0.2, 0) is 0 Å². The van der Waals surface area contributed by atoms with E-state index < -0.39 is 0 Å². The fourth-order valence-corrected chi connectivity index (χ4v) is 11.1. The predicted molar refractivity (Wildman–Crippen MR) is 304 cm³/mol. The highest BCUT2D eigenvalue weighted by molar-refractivity contribution is 6.16. The fraction of sp³-hybridized carbons (Fsp3) is 0. The molecule has 3 aromatic heterocycles. The zero-order valence-electron chi connectivity index (χ0n) is 39.4. The van der Waals surface area contributed by atoms with Crippen LogP contribution in [0.4, 0.5) is 34.1 Å². The standard InChI is InChI=1S/C68H42N2O3/c1-3-13-43(14-4-1)45-25-31-51(32-26-45)69(61-21-11-19-57-55-17-7-9-23-63(55)72-67(57)61)53-35-29-47-39-59-60-40-48-30-36-54(38-50(48)42-66(60)71-65(59)41-49(47)37-53)70(52-33-27-46(28-34-52)44-15-5-2-6-16-44)62-22-12-20-58-56-18-8-10-24-64(56)73-68(58)62/h1-42H. The van der Waals surface area contributed by atoms with Gasteiger partial charge < -0.3 is 23.1 Å². The monoisotopic (exact) mass is 934 g/mol. The maximum atomic E-state index is 6.84. The molecular weight excluding hydrogens is 893 g/mol. The summed E-state index contributed by atoms with van der Waals surface area (Å²) in [5.41, 5.74) is 15.8. The van der Waals surface area contributed by atoms with Gasteiger partial charge in [-0.2, -0.15) is 0 Å².